The summed E-state index contributed by atoms with van der Waals surface area (Å²) in [6.07, 6.45) is 6.49. The summed E-state index contributed by atoms with van der Waals surface area (Å²) in [5, 5.41) is 10.9. The average Bonchev–Trinajstić information content (AvgIpc) is 3.26. The van der Waals surface area contributed by atoms with Crippen LogP contribution in [-0.2, 0) is 13.1 Å². The number of benzene rings is 1. The second-order valence-corrected chi connectivity index (χ2v) is 7.10. The molecule has 1 aromatic carbocycles. The van der Waals surface area contributed by atoms with E-state index in [4.69, 9.17) is 4.74 Å². The molecule has 0 amide bonds. The smallest absolute Gasteiger partial charge is 0.219 e. The fourth-order valence-corrected chi connectivity index (χ4v) is 2.90. The van der Waals surface area contributed by atoms with Crippen LogP contribution in [-0.4, -0.2) is 33.8 Å². The topological polar surface area (TPSA) is 76.4 Å². The van der Waals surface area contributed by atoms with E-state index in [-0.39, 0.29) is 24.0 Å². The van der Waals surface area contributed by atoms with Gasteiger partial charge in [0, 0.05) is 44.3 Å². The average molecular weight is 534 g/mol. The van der Waals surface area contributed by atoms with E-state index in [1.54, 1.807) is 12.4 Å². The second-order valence-electron chi connectivity index (χ2n) is 7.10. The number of hydrogen-bond acceptors (Lipinski definition) is 4. The maximum atomic E-state index is 5.92. The number of aryl methyl sites for hydroxylation is 3. The first kappa shape index (κ1) is 24.6. The van der Waals surface area contributed by atoms with Gasteiger partial charge in [-0.1, -0.05) is 6.07 Å². The number of aromatic nitrogens is 3. The molecular formula is C23H31IN6O. The van der Waals surface area contributed by atoms with E-state index < -0.39 is 0 Å². The highest BCUT2D eigenvalue weighted by atomic mass is 127. The van der Waals surface area contributed by atoms with Gasteiger partial charge in [-0.25, -0.2) is 9.98 Å². The number of halogens is 1. The summed E-state index contributed by atoms with van der Waals surface area (Å²) in [4.78, 5) is 9.01. The van der Waals surface area contributed by atoms with Crippen LogP contribution in [0.3, 0.4) is 0 Å². The van der Waals surface area contributed by atoms with E-state index in [0.29, 0.717) is 12.4 Å². The number of rotatable bonds is 9. The predicted molar refractivity (Wildman–Crippen MR) is 135 cm³/mol. The molecule has 2 heterocycles. The molecular weight excluding hydrogens is 503 g/mol. The van der Waals surface area contributed by atoms with Gasteiger partial charge in [-0.2, -0.15) is 5.10 Å². The Balaban J connectivity index is 0.00000341. The standard InChI is InChI=1S/C23H30N6O.HI/c1-4-24-23(26-10-5-13-29-14-6-11-28-29)27-17-20-9-12-25-22(16-20)30-21-8-7-18(2)19(3)15-21;/h6-9,11-12,14-16H,4-5,10,13,17H2,1-3H3,(H2,24,26,27);1H. The minimum absolute atomic E-state index is 0. The Kier molecular flexibility index (Phi) is 10.3. The van der Waals surface area contributed by atoms with Crippen molar-refractivity contribution in [2.75, 3.05) is 13.1 Å². The molecule has 3 rings (SSSR count). The summed E-state index contributed by atoms with van der Waals surface area (Å²) >= 11 is 0. The Labute approximate surface area is 201 Å². The molecule has 0 bridgehead atoms. The molecule has 3 aromatic rings. The zero-order valence-electron chi connectivity index (χ0n) is 18.3. The number of ether oxygens (including phenoxy) is 1. The zero-order chi connectivity index (χ0) is 21.2. The van der Waals surface area contributed by atoms with Gasteiger partial charge < -0.3 is 15.4 Å². The van der Waals surface area contributed by atoms with Crippen molar-refractivity contribution in [1.82, 2.24) is 25.4 Å². The van der Waals surface area contributed by atoms with Crippen LogP contribution in [0.25, 0.3) is 0 Å². The second kappa shape index (κ2) is 12.9. The quantitative estimate of drug-likeness (QED) is 0.184. The number of hydrogen-bond donors (Lipinski definition) is 2. The molecule has 0 radical (unpaired) electrons. The van der Waals surface area contributed by atoms with E-state index >= 15 is 0 Å². The number of aliphatic imine (C=N–C) groups is 1. The molecule has 0 aliphatic heterocycles. The predicted octanol–water partition coefficient (Wildman–Crippen LogP) is 4.45. The van der Waals surface area contributed by atoms with Crippen molar-refractivity contribution >= 4 is 29.9 Å². The molecule has 0 aliphatic carbocycles. The SMILES string of the molecule is CCNC(=NCc1ccnc(Oc2ccc(C)c(C)c2)c1)NCCCn1cccn1.I. The number of pyridine rings is 1. The first-order valence-electron chi connectivity index (χ1n) is 10.3. The third-order valence-electron chi connectivity index (χ3n) is 4.68. The molecule has 0 unspecified atom stereocenters. The Bertz CT molecular complexity index is 958. The van der Waals surface area contributed by atoms with Crippen LogP contribution >= 0.6 is 24.0 Å². The fourth-order valence-electron chi connectivity index (χ4n) is 2.90. The van der Waals surface area contributed by atoms with Crippen molar-refractivity contribution < 1.29 is 4.74 Å². The van der Waals surface area contributed by atoms with Crippen LogP contribution in [0, 0.1) is 13.8 Å². The molecule has 0 spiro atoms. The van der Waals surface area contributed by atoms with Gasteiger partial charge in [-0.15, -0.1) is 24.0 Å². The third kappa shape index (κ3) is 8.20. The highest BCUT2D eigenvalue weighted by Gasteiger charge is 2.03. The van der Waals surface area contributed by atoms with Gasteiger partial charge in [-0.05, 0) is 68.1 Å². The number of nitrogens with one attached hydrogen (secondary N) is 2. The molecule has 0 saturated heterocycles. The van der Waals surface area contributed by atoms with E-state index in [0.717, 1.165) is 43.3 Å². The molecule has 2 N–H and O–H groups in total. The lowest BCUT2D eigenvalue weighted by atomic mass is 10.1. The van der Waals surface area contributed by atoms with Gasteiger partial charge in [0.05, 0.1) is 6.54 Å². The van der Waals surface area contributed by atoms with Crippen LogP contribution in [0.5, 0.6) is 11.6 Å². The fraction of sp³-hybridized carbons (Fsp3) is 0.348. The van der Waals surface area contributed by atoms with E-state index in [1.807, 2.05) is 41.2 Å². The summed E-state index contributed by atoms with van der Waals surface area (Å²) in [5.41, 5.74) is 3.48. The molecule has 0 aliphatic rings. The van der Waals surface area contributed by atoms with Gasteiger partial charge in [0.2, 0.25) is 5.88 Å². The molecule has 0 saturated carbocycles. The van der Waals surface area contributed by atoms with Crippen molar-refractivity contribution in [2.24, 2.45) is 4.99 Å². The molecule has 0 atom stereocenters. The van der Waals surface area contributed by atoms with Crippen LogP contribution in [0.4, 0.5) is 0 Å². The zero-order valence-corrected chi connectivity index (χ0v) is 20.7. The monoisotopic (exact) mass is 534 g/mol. The highest BCUT2D eigenvalue weighted by molar-refractivity contribution is 14.0. The largest absolute Gasteiger partial charge is 0.439 e. The van der Waals surface area contributed by atoms with Crippen molar-refractivity contribution in [3.63, 3.8) is 0 Å². The number of nitrogens with zero attached hydrogens (tertiary/aromatic N) is 4. The Morgan fingerprint density at radius 1 is 1.10 bits per heavy atom. The first-order valence-corrected chi connectivity index (χ1v) is 10.3. The minimum atomic E-state index is 0. The summed E-state index contributed by atoms with van der Waals surface area (Å²) in [6.45, 7) is 9.27. The van der Waals surface area contributed by atoms with Crippen molar-refractivity contribution in [1.29, 1.82) is 0 Å². The van der Waals surface area contributed by atoms with Crippen molar-refractivity contribution in [3.05, 3.63) is 71.7 Å². The van der Waals surface area contributed by atoms with Crippen molar-refractivity contribution in [3.8, 4) is 11.6 Å². The van der Waals surface area contributed by atoms with Crippen LogP contribution in [0.1, 0.15) is 30.0 Å². The lowest BCUT2D eigenvalue weighted by Gasteiger charge is -2.12. The third-order valence-corrected chi connectivity index (χ3v) is 4.68. The minimum Gasteiger partial charge on any atom is -0.439 e. The lowest BCUT2D eigenvalue weighted by molar-refractivity contribution is 0.461. The van der Waals surface area contributed by atoms with Crippen LogP contribution < -0.4 is 15.4 Å². The Morgan fingerprint density at radius 2 is 1.97 bits per heavy atom. The maximum Gasteiger partial charge on any atom is 0.219 e. The molecule has 2 aromatic heterocycles. The van der Waals surface area contributed by atoms with E-state index in [2.05, 4.69) is 52.5 Å². The molecule has 0 fully saturated rings. The Hall–Kier alpha value is -2.62. The van der Waals surface area contributed by atoms with Gasteiger partial charge in [0.25, 0.3) is 0 Å². The molecule has 7 nitrogen and oxygen atoms in total. The van der Waals surface area contributed by atoms with Crippen LogP contribution in [0.15, 0.2) is 60.0 Å². The summed E-state index contributed by atoms with van der Waals surface area (Å²) in [6, 6.07) is 11.9. The maximum absolute atomic E-state index is 5.92. The van der Waals surface area contributed by atoms with Crippen LogP contribution in [0.2, 0.25) is 0 Å². The lowest BCUT2D eigenvalue weighted by Crippen LogP contribution is -2.38. The Morgan fingerprint density at radius 3 is 2.71 bits per heavy atom. The van der Waals surface area contributed by atoms with Crippen molar-refractivity contribution in [2.45, 2.75) is 40.3 Å². The van der Waals surface area contributed by atoms with Gasteiger partial charge in [0.15, 0.2) is 5.96 Å². The normalized spacial score (nSPS) is 11.0. The highest BCUT2D eigenvalue weighted by Crippen LogP contribution is 2.22. The number of guanidine groups is 1. The molecule has 8 heteroatoms. The van der Waals surface area contributed by atoms with Gasteiger partial charge in [0.1, 0.15) is 5.75 Å². The van der Waals surface area contributed by atoms with Gasteiger partial charge in [-0.3, -0.25) is 4.68 Å². The molecule has 31 heavy (non-hydrogen) atoms. The summed E-state index contributed by atoms with van der Waals surface area (Å²) in [7, 11) is 0. The summed E-state index contributed by atoms with van der Waals surface area (Å²) in [5.74, 6) is 2.16. The summed E-state index contributed by atoms with van der Waals surface area (Å²) < 4.78 is 7.86. The van der Waals surface area contributed by atoms with E-state index in [1.165, 1.54) is 11.1 Å². The molecule has 166 valence electrons. The van der Waals surface area contributed by atoms with E-state index in [9.17, 15) is 0 Å². The first-order chi connectivity index (χ1) is 14.6. The van der Waals surface area contributed by atoms with Gasteiger partial charge >= 0.3 is 0 Å².